The Morgan fingerprint density at radius 1 is 1.27 bits per heavy atom. The Balaban J connectivity index is 1.69. The van der Waals surface area contributed by atoms with Gasteiger partial charge in [-0.15, -0.1) is 0 Å². The highest BCUT2D eigenvalue weighted by Crippen LogP contribution is 2.30. The molecule has 5 heteroatoms. The zero-order valence-corrected chi connectivity index (χ0v) is 13.3. The summed E-state index contributed by atoms with van der Waals surface area (Å²) in [7, 11) is 1.72. The van der Waals surface area contributed by atoms with E-state index in [9.17, 15) is 4.79 Å². The van der Waals surface area contributed by atoms with Crippen LogP contribution < -0.4 is 10.1 Å². The lowest BCUT2D eigenvalue weighted by Crippen LogP contribution is -2.48. The monoisotopic (exact) mass is 303 g/mol. The molecule has 3 rings (SSSR count). The van der Waals surface area contributed by atoms with Crippen LogP contribution in [-0.2, 0) is 4.79 Å². The summed E-state index contributed by atoms with van der Waals surface area (Å²) in [6.07, 6.45) is 1.73. The molecule has 0 spiro atoms. The number of rotatable bonds is 5. The van der Waals surface area contributed by atoms with Crippen molar-refractivity contribution in [1.82, 2.24) is 15.1 Å². The van der Waals surface area contributed by atoms with Crippen LogP contribution in [0, 0.1) is 0 Å². The van der Waals surface area contributed by atoms with Crippen molar-refractivity contribution in [1.29, 1.82) is 0 Å². The number of benzene rings is 1. The summed E-state index contributed by atoms with van der Waals surface area (Å²) in [5, 5.41) is 3.47. The molecule has 2 aliphatic heterocycles. The number of piperazine rings is 1. The highest BCUT2D eigenvalue weighted by molar-refractivity contribution is 5.78. The van der Waals surface area contributed by atoms with Gasteiger partial charge in [0.1, 0.15) is 5.75 Å². The van der Waals surface area contributed by atoms with E-state index < -0.39 is 0 Å². The molecule has 1 aromatic carbocycles. The van der Waals surface area contributed by atoms with Gasteiger partial charge in [-0.05, 0) is 12.5 Å². The van der Waals surface area contributed by atoms with Gasteiger partial charge in [-0.25, -0.2) is 0 Å². The molecule has 1 aromatic rings. The number of methoxy groups -OCH3 is 1. The highest BCUT2D eigenvalue weighted by Gasteiger charge is 2.27. The van der Waals surface area contributed by atoms with E-state index in [4.69, 9.17) is 4.74 Å². The SMILES string of the molecule is COc1ccccc1C1CNCCN1CCN1CCCC1=O. The molecular weight excluding hydrogens is 278 g/mol. The Bertz CT molecular complexity index is 520. The normalized spacial score (nSPS) is 23.0. The quantitative estimate of drug-likeness (QED) is 0.889. The second-order valence-corrected chi connectivity index (χ2v) is 5.98. The fourth-order valence-corrected chi connectivity index (χ4v) is 3.45. The number of para-hydroxylation sites is 1. The Labute approximate surface area is 132 Å². The van der Waals surface area contributed by atoms with Crippen LogP contribution in [0.3, 0.4) is 0 Å². The van der Waals surface area contributed by atoms with Crippen molar-refractivity contribution in [3.05, 3.63) is 29.8 Å². The van der Waals surface area contributed by atoms with Crippen LogP contribution in [0.15, 0.2) is 24.3 Å². The largest absolute Gasteiger partial charge is 0.496 e. The summed E-state index contributed by atoms with van der Waals surface area (Å²) in [6.45, 7) is 5.61. The van der Waals surface area contributed by atoms with Gasteiger partial charge in [0.15, 0.2) is 0 Å². The van der Waals surface area contributed by atoms with Crippen LogP contribution in [-0.4, -0.2) is 62.1 Å². The molecule has 1 atom stereocenters. The van der Waals surface area contributed by atoms with Gasteiger partial charge < -0.3 is 15.0 Å². The zero-order chi connectivity index (χ0) is 15.4. The third-order valence-electron chi connectivity index (χ3n) is 4.68. The Morgan fingerprint density at radius 3 is 2.91 bits per heavy atom. The first-order valence-corrected chi connectivity index (χ1v) is 8.15. The van der Waals surface area contributed by atoms with Gasteiger partial charge in [-0.3, -0.25) is 9.69 Å². The Hall–Kier alpha value is -1.59. The van der Waals surface area contributed by atoms with Gasteiger partial charge in [0.05, 0.1) is 13.2 Å². The first kappa shape index (κ1) is 15.3. The number of carbonyl (C=O) groups excluding carboxylic acids is 1. The van der Waals surface area contributed by atoms with Crippen LogP contribution in [0.1, 0.15) is 24.4 Å². The number of hydrogen-bond acceptors (Lipinski definition) is 4. The van der Waals surface area contributed by atoms with Crippen molar-refractivity contribution in [2.24, 2.45) is 0 Å². The predicted octanol–water partition coefficient (Wildman–Crippen LogP) is 1.26. The third kappa shape index (κ3) is 3.25. The average Bonchev–Trinajstić information content (AvgIpc) is 2.98. The van der Waals surface area contributed by atoms with Gasteiger partial charge in [-0.1, -0.05) is 18.2 Å². The van der Waals surface area contributed by atoms with E-state index in [0.29, 0.717) is 11.9 Å². The minimum absolute atomic E-state index is 0.308. The smallest absolute Gasteiger partial charge is 0.222 e. The Morgan fingerprint density at radius 2 is 2.14 bits per heavy atom. The summed E-state index contributed by atoms with van der Waals surface area (Å²) >= 11 is 0. The van der Waals surface area contributed by atoms with E-state index in [1.165, 1.54) is 5.56 Å². The number of hydrogen-bond donors (Lipinski definition) is 1. The number of ether oxygens (including phenoxy) is 1. The third-order valence-corrected chi connectivity index (χ3v) is 4.68. The Kier molecular flexibility index (Phi) is 4.95. The first-order valence-electron chi connectivity index (χ1n) is 8.15. The number of nitrogens with one attached hydrogen (secondary N) is 1. The fraction of sp³-hybridized carbons (Fsp3) is 0.588. The molecule has 0 saturated carbocycles. The molecule has 2 fully saturated rings. The average molecular weight is 303 g/mol. The van der Waals surface area contributed by atoms with Crippen molar-refractivity contribution in [3.63, 3.8) is 0 Å². The van der Waals surface area contributed by atoms with E-state index in [-0.39, 0.29) is 0 Å². The summed E-state index contributed by atoms with van der Waals surface area (Å²) in [5.74, 6) is 1.25. The van der Waals surface area contributed by atoms with E-state index in [0.717, 1.165) is 57.9 Å². The van der Waals surface area contributed by atoms with Crippen LogP contribution in [0.5, 0.6) is 5.75 Å². The molecule has 1 unspecified atom stereocenters. The van der Waals surface area contributed by atoms with Gasteiger partial charge >= 0.3 is 0 Å². The molecule has 1 amide bonds. The predicted molar refractivity (Wildman–Crippen MR) is 86.0 cm³/mol. The molecule has 0 bridgehead atoms. The lowest BCUT2D eigenvalue weighted by Gasteiger charge is -2.37. The number of likely N-dealkylation sites (tertiary alicyclic amines) is 1. The minimum Gasteiger partial charge on any atom is -0.496 e. The van der Waals surface area contributed by atoms with Crippen molar-refractivity contribution in [3.8, 4) is 5.75 Å². The zero-order valence-electron chi connectivity index (χ0n) is 13.3. The van der Waals surface area contributed by atoms with E-state index in [1.807, 2.05) is 17.0 Å². The minimum atomic E-state index is 0.308. The second kappa shape index (κ2) is 7.11. The van der Waals surface area contributed by atoms with Gasteiger partial charge in [0.2, 0.25) is 5.91 Å². The summed E-state index contributed by atoms with van der Waals surface area (Å²) in [4.78, 5) is 16.2. The van der Waals surface area contributed by atoms with Crippen LogP contribution in [0.2, 0.25) is 0 Å². The molecule has 0 aliphatic carbocycles. The van der Waals surface area contributed by atoms with Gasteiger partial charge in [0, 0.05) is 51.3 Å². The molecule has 22 heavy (non-hydrogen) atoms. The molecule has 2 aliphatic rings. The molecule has 1 N–H and O–H groups in total. The van der Waals surface area contributed by atoms with E-state index in [2.05, 4.69) is 22.3 Å². The summed E-state index contributed by atoms with van der Waals surface area (Å²) in [5.41, 5.74) is 1.23. The van der Waals surface area contributed by atoms with E-state index in [1.54, 1.807) is 7.11 Å². The van der Waals surface area contributed by atoms with Crippen LogP contribution >= 0.6 is 0 Å². The molecule has 0 aromatic heterocycles. The van der Waals surface area contributed by atoms with Crippen molar-refractivity contribution in [2.75, 3.05) is 46.4 Å². The summed E-state index contributed by atoms with van der Waals surface area (Å²) < 4.78 is 5.52. The molecular formula is C17H25N3O2. The second-order valence-electron chi connectivity index (χ2n) is 5.98. The lowest BCUT2D eigenvalue weighted by atomic mass is 10.0. The molecule has 2 saturated heterocycles. The first-order chi connectivity index (χ1) is 10.8. The number of nitrogens with zero attached hydrogens (tertiary/aromatic N) is 2. The summed E-state index contributed by atoms with van der Waals surface area (Å²) in [6, 6.07) is 8.54. The topological polar surface area (TPSA) is 44.8 Å². The maximum atomic E-state index is 11.8. The number of carbonyl (C=O) groups is 1. The van der Waals surface area contributed by atoms with Crippen molar-refractivity contribution >= 4 is 5.91 Å². The number of amides is 1. The molecule has 0 radical (unpaired) electrons. The van der Waals surface area contributed by atoms with Crippen LogP contribution in [0.25, 0.3) is 0 Å². The van der Waals surface area contributed by atoms with Gasteiger partial charge in [-0.2, -0.15) is 0 Å². The maximum absolute atomic E-state index is 11.8. The molecule has 5 nitrogen and oxygen atoms in total. The van der Waals surface area contributed by atoms with E-state index >= 15 is 0 Å². The molecule has 120 valence electrons. The standard InChI is InChI=1S/C17H25N3O2/c1-22-16-6-3-2-5-14(16)15-13-18-8-10-19(15)11-12-20-9-4-7-17(20)21/h2-3,5-6,15,18H,4,7-13H2,1H3. The maximum Gasteiger partial charge on any atom is 0.222 e. The highest BCUT2D eigenvalue weighted by atomic mass is 16.5. The van der Waals surface area contributed by atoms with Crippen LogP contribution in [0.4, 0.5) is 0 Å². The molecule has 2 heterocycles. The fourth-order valence-electron chi connectivity index (χ4n) is 3.45. The van der Waals surface area contributed by atoms with Crippen molar-refractivity contribution in [2.45, 2.75) is 18.9 Å². The lowest BCUT2D eigenvalue weighted by molar-refractivity contribution is -0.127. The van der Waals surface area contributed by atoms with Gasteiger partial charge in [0.25, 0.3) is 0 Å². The van der Waals surface area contributed by atoms with Crippen molar-refractivity contribution < 1.29 is 9.53 Å².